The van der Waals surface area contributed by atoms with Crippen LogP contribution in [0, 0.1) is 0 Å². The van der Waals surface area contributed by atoms with Crippen LogP contribution in [-0.4, -0.2) is 32.3 Å². The third-order valence-corrected chi connectivity index (χ3v) is 6.16. The average Bonchev–Trinajstić information content (AvgIpc) is 3.54. The molecule has 0 amide bonds. The zero-order valence-corrected chi connectivity index (χ0v) is 21.1. The molecule has 0 saturated heterocycles. The molecule has 0 aliphatic rings. The van der Waals surface area contributed by atoms with Crippen LogP contribution in [0.3, 0.4) is 0 Å². The molecule has 5 rings (SSSR count). The number of rotatable bonds is 10. The van der Waals surface area contributed by atoms with E-state index in [2.05, 4.69) is 9.97 Å². The third kappa shape index (κ3) is 5.89. The Morgan fingerprint density at radius 2 is 1.76 bits per heavy atom. The van der Waals surface area contributed by atoms with Crippen LogP contribution in [-0.2, 0) is 22.5 Å². The monoisotopic (exact) mass is 494 g/mol. The lowest BCUT2D eigenvalue weighted by atomic mass is 10.0. The Hall–Kier alpha value is -4.39. The second-order valence-electron chi connectivity index (χ2n) is 8.91. The van der Waals surface area contributed by atoms with Crippen LogP contribution in [0.25, 0.3) is 22.3 Å². The van der Waals surface area contributed by atoms with Gasteiger partial charge in [-0.05, 0) is 55.7 Å². The highest BCUT2D eigenvalue weighted by molar-refractivity contribution is 5.74. The van der Waals surface area contributed by atoms with Crippen molar-refractivity contribution in [1.29, 1.82) is 0 Å². The van der Waals surface area contributed by atoms with Crippen molar-refractivity contribution in [1.82, 2.24) is 19.7 Å². The van der Waals surface area contributed by atoms with E-state index in [4.69, 9.17) is 14.6 Å². The van der Waals surface area contributed by atoms with Crippen LogP contribution < -0.4 is 4.74 Å². The van der Waals surface area contributed by atoms with Gasteiger partial charge in [0.1, 0.15) is 11.6 Å². The Bertz CT molecular complexity index is 1440. The van der Waals surface area contributed by atoms with Crippen molar-refractivity contribution in [3.8, 4) is 17.0 Å². The summed E-state index contributed by atoms with van der Waals surface area (Å²) in [5, 5.41) is 4.85. The number of carbonyl (C=O) groups is 1. The number of nitrogens with zero attached hydrogens (tertiary/aromatic N) is 3. The van der Waals surface area contributed by atoms with Crippen molar-refractivity contribution in [2.45, 2.75) is 39.3 Å². The molecule has 2 aromatic heterocycles. The first-order valence-corrected chi connectivity index (χ1v) is 12.6. The molecule has 0 fully saturated rings. The molecule has 0 aliphatic carbocycles. The van der Waals surface area contributed by atoms with Gasteiger partial charge in [-0.15, -0.1) is 0 Å². The van der Waals surface area contributed by atoms with E-state index in [1.165, 1.54) is 0 Å². The summed E-state index contributed by atoms with van der Waals surface area (Å²) in [4.78, 5) is 19.9. The molecule has 0 saturated carbocycles. The van der Waals surface area contributed by atoms with Gasteiger partial charge < -0.3 is 14.5 Å². The molecule has 0 bridgehead atoms. The van der Waals surface area contributed by atoms with Gasteiger partial charge in [-0.2, -0.15) is 5.10 Å². The summed E-state index contributed by atoms with van der Waals surface area (Å²) < 4.78 is 13.2. The van der Waals surface area contributed by atoms with Crippen molar-refractivity contribution >= 4 is 17.0 Å². The normalized spacial score (nSPS) is 11.9. The third-order valence-electron chi connectivity index (χ3n) is 6.16. The zero-order chi connectivity index (χ0) is 25.6. The summed E-state index contributed by atoms with van der Waals surface area (Å²) in [6.07, 6.45) is 2.72. The average molecular weight is 495 g/mol. The number of para-hydroxylation sites is 2. The van der Waals surface area contributed by atoms with Gasteiger partial charge in [0.25, 0.3) is 0 Å². The number of fused-ring (bicyclic) bond motifs is 1. The minimum Gasteiger partial charge on any atom is -0.483 e. The Morgan fingerprint density at radius 1 is 1.00 bits per heavy atom. The Balaban J connectivity index is 1.28. The van der Waals surface area contributed by atoms with Gasteiger partial charge >= 0.3 is 5.97 Å². The largest absolute Gasteiger partial charge is 0.483 e. The molecule has 7 heteroatoms. The fraction of sp³-hybridized carbons (Fsp3) is 0.233. The molecular formula is C30H30N4O3. The van der Waals surface area contributed by atoms with Crippen LogP contribution >= 0.6 is 0 Å². The number of imidazole rings is 1. The summed E-state index contributed by atoms with van der Waals surface area (Å²) in [5.74, 6) is 1.38. The summed E-state index contributed by atoms with van der Waals surface area (Å²) in [7, 11) is 0. The number of aromatic amines is 1. The van der Waals surface area contributed by atoms with Crippen molar-refractivity contribution in [3.63, 3.8) is 0 Å². The van der Waals surface area contributed by atoms with Gasteiger partial charge in [0, 0.05) is 18.2 Å². The number of hydrogen-bond acceptors (Lipinski definition) is 5. The Labute approximate surface area is 216 Å². The number of esters is 1. The van der Waals surface area contributed by atoms with E-state index in [9.17, 15) is 4.79 Å². The predicted octanol–water partition coefficient (Wildman–Crippen LogP) is 6.11. The molecule has 37 heavy (non-hydrogen) atoms. The van der Waals surface area contributed by atoms with Crippen molar-refractivity contribution in [2.75, 3.05) is 6.61 Å². The quantitative estimate of drug-likeness (QED) is 0.237. The molecule has 2 heterocycles. The second-order valence-corrected chi connectivity index (χ2v) is 8.91. The van der Waals surface area contributed by atoms with E-state index < -0.39 is 0 Å². The SMILES string of the molecule is CCOC(=O)CCc1cn(Cc2ccc(OC(C)c3nc4ccccc4[nH]3)cc2)nc1-c1ccccc1. The number of aryl methyl sites for hydroxylation is 1. The van der Waals surface area contributed by atoms with E-state index >= 15 is 0 Å². The van der Waals surface area contributed by atoms with Crippen LogP contribution in [0.5, 0.6) is 5.75 Å². The molecular weight excluding hydrogens is 464 g/mol. The molecule has 188 valence electrons. The maximum atomic E-state index is 11.9. The molecule has 1 unspecified atom stereocenters. The van der Waals surface area contributed by atoms with Gasteiger partial charge in [-0.3, -0.25) is 9.48 Å². The molecule has 0 spiro atoms. The van der Waals surface area contributed by atoms with Gasteiger partial charge in [0.15, 0.2) is 6.10 Å². The first-order chi connectivity index (χ1) is 18.1. The number of benzene rings is 3. The summed E-state index contributed by atoms with van der Waals surface area (Å²) in [5.41, 5.74) is 5.98. The van der Waals surface area contributed by atoms with Gasteiger partial charge in [-0.1, -0.05) is 54.6 Å². The maximum absolute atomic E-state index is 11.9. The second kappa shape index (κ2) is 11.1. The van der Waals surface area contributed by atoms with Crippen LogP contribution in [0.15, 0.2) is 85.1 Å². The first kappa shape index (κ1) is 24.3. The lowest BCUT2D eigenvalue weighted by Crippen LogP contribution is -2.05. The lowest BCUT2D eigenvalue weighted by Gasteiger charge is -2.13. The molecule has 0 radical (unpaired) electrons. The number of carbonyl (C=O) groups excluding carboxylic acids is 1. The molecule has 7 nitrogen and oxygen atoms in total. The number of aromatic nitrogens is 4. The van der Waals surface area contributed by atoms with E-state index in [-0.39, 0.29) is 12.1 Å². The summed E-state index contributed by atoms with van der Waals surface area (Å²) in [6.45, 7) is 4.80. The molecule has 1 atom stereocenters. The minimum atomic E-state index is -0.209. The first-order valence-electron chi connectivity index (χ1n) is 12.6. The molecule has 5 aromatic rings. The van der Waals surface area contributed by atoms with E-state index in [0.717, 1.165) is 45.0 Å². The molecule has 1 N–H and O–H groups in total. The highest BCUT2D eigenvalue weighted by Crippen LogP contribution is 2.25. The van der Waals surface area contributed by atoms with Crippen molar-refractivity contribution in [3.05, 3.63) is 102 Å². The highest BCUT2D eigenvalue weighted by Gasteiger charge is 2.15. The number of H-pyrrole nitrogens is 1. The van der Waals surface area contributed by atoms with Crippen LogP contribution in [0.1, 0.15) is 43.3 Å². The fourth-order valence-electron chi connectivity index (χ4n) is 4.32. The lowest BCUT2D eigenvalue weighted by molar-refractivity contribution is -0.143. The van der Waals surface area contributed by atoms with Crippen LogP contribution in [0.2, 0.25) is 0 Å². The minimum absolute atomic E-state index is 0.193. The number of nitrogens with one attached hydrogen (secondary N) is 1. The Morgan fingerprint density at radius 3 is 2.51 bits per heavy atom. The summed E-state index contributed by atoms with van der Waals surface area (Å²) >= 11 is 0. The van der Waals surface area contributed by atoms with Gasteiger partial charge in [-0.25, -0.2) is 4.98 Å². The van der Waals surface area contributed by atoms with E-state index in [0.29, 0.717) is 26.0 Å². The Kier molecular flexibility index (Phi) is 7.31. The summed E-state index contributed by atoms with van der Waals surface area (Å²) in [6, 6.07) is 26.0. The predicted molar refractivity (Wildman–Crippen MR) is 143 cm³/mol. The maximum Gasteiger partial charge on any atom is 0.306 e. The van der Waals surface area contributed by atoms with Gasteiger partial charge in [0.2, 0.25) is 0 Å². The topological polar surface area (TPSA) is 82.0 Å². The van der Waals surface area contributed by atoms with Crippen molar-refractivity contribution in [2.24, 2.45) is 0 Å². The van der Waals surface area contributed by atoms with Crippen LogP contribution in [0.4, 0.5) is 0 Å². The number of hydrogen-bond donors (Lipinski definition) is 1. The smallest absolute Gasteiger partial charge is 0.306 e. The van der Waals surface area contributed by atoms with Gasteiger partial charge in [0.05, 0.1) is 29.9 Å². The zero-order valence-electron chi connectivity index (χ0n) is 21.1. The fourth-order valence-corrected chi connectivity index (χ4v) is 4.32. The van der Waals surface area contributed by atoms with E-state index in [1.807, 2.05) is 104 Å². The van der Waals surface area contributed by atoms with Crippen molar-refractivity contribution < 1.29 is 14.3 Å². The number of ether oxygens (including phenoxy) is 2. The standard InChI is InChI=1S/C30H30N4O3/c1-3-36-28(35)18-15-24-20-34(33-29(24)23-9-5-4-6-10-23)19-22-13-16-25(17-14-22)37-21(2)30-31-26-11-7-8-12-27(26)32-30/h4-14,16-17,20-21H,3,15,18-19H2,1-2H3,(H,31,32). The highest BCUT2D eigenvalue weighted by atomic mass is 16.5. The molecule has 3 aromatic carbocycles. The molecule has 0 aliphatic heterocycles. The van der Waals surface area contributed by atoms with E-state index in [1.54, 1.807) is 0 Å².